The van der Waals surface area contributed by atoms with E-state index in [4.69, 9.17) is 16.7 Å². The van der Waals surface area contributed by atoms with Gasteiger partial charge in [-0.3, -0.25) is 9.69 Å². The molecule has 1 aromatic carbocycles. The van der Waals surface area contributed by atoms with Crippen LogP contribution >= 0.6 is 34.2 Å². The van der Waals surface area contributed by atoms with Gasteiger partial charge in [-0.05, 0) is 47.2 Å². The third kappa shape index (κ3) is 5.00. The molecule has 25 heavy (non-hydrogen) atoms. The zero-order valence-corrected chi connectivity index (χ0v) is 15.6. The first-order chi connectivity index (χ1) is 11.6. The van der Waals surface area contributed by atoms with Crippen LogP contribution in [0.15, 0.2) is 29.8 Å². The second kappa shape index (κ2) is 7.81. The highest BCUT2D eigenvalue weighted by molar-refractivity contribution is 14.1. The Balaban J connectivity index is 2.30. The van der Waals surface area contributed by atoms with Crippen LogP contribution in [0.4, 0.5) is 23.7 Å². The molecule has 0 spiro atoms. The lowest BCUT2D eigenvalue weighted by Crippen LogP contribution is -2.44. The summed E-state index contributed by atoms with van der Waals surface area (Å²) >= 11 is 7.64. The molecule has 2 amide bonds. The van der Waals surface area contributed by atoms with Crippen molar-refractivity contribution in [2.75, 3.05) is 24.5 Å². The molecule has 0 saturated heterocycles. The number of anilines is 1. The maximum atomic E-state index is 13.0. The molecule has 1 N–H and O–H groups in total. The van der Waals surface area contributed by atoms with Crippen molar-refractivity contribution in [3.63, 3.8) is 0 Å². The minimum atomic E-state index is -5.02. The van der Waals surface area contributed by atoms with Crippen molar-refractivity contribution in [2.45, 2.75) is 12.6 Å². The molecule has 0 unspecified atom stereocenters. The summed E-state index contributed by atoms with van der Waals surface area (Å²) in [6.07, 6.45) is -4.31. The number of amides is 2. The van der Waals surface area contributed by atoms with Crippen molar-refractivity contribution in [1.29, 1.82) is 0 Å². The summed E-state index contributed by atoms with van der Waals surface area (Å²) in [7, 11) is 0. The number of nitrogens with zero attached hydrogens (tertiary/aromatic N) is 2. The molecule has 0 bridgehead atoms. The van der Waals surface area contributed by atoms with E-state index in [9.17, 15) is 22.8 Å². The van der Waals surface area contributed by atoms with Gasteiger partial charge in [0.25, 0.3) is 0 Å². The summed E-state index contributed by atoms with van der Waals surface area (Å²) < 4.78 is 39.4. The SMILES string of the molecule is O=C(O)N1CC=C(CN(C(=O)C(F)(F)F)c2ccc(Cl)cc2I)CC1. The lowest BCUT2D eigenvalue weighted by molar-refractivity contribution is -0.170. The summed E-state index contributed by atoms with van der Waals surface area (Å²) in [6.45, 7) is -0.00716. The normalized spacial score (nSPS) is 14.9. The van der Waals surface area contributed by atoms with Gasteiger partial charge in [0.05, 0.1) is 5.69 Å². The molecular formula is C15H13ClF3IN2O3. The average Bonchev–Trinajstić information content (AvgIpc) is 2.52. The van der Waals surface area contributed by atoms with E-state index in [2.05, 4.69) is 0 Å². The molecule has 136 valence electrons. The highest BCUT2D eigenvalue weighted by Crippen LogP contribution is 2.31. The second-order valence-corrected chi connectivity index (χ2v) is 6.92. The monoisotopic (exact) mass is 488 g/mol. The number of carbonyl (C=O) groups excluding carboxylic acids is 1. The van der Waals surface area contributed by atoms with Gasteiger partial charge >= 0.3 is 18.2 Å². The van der Waals surface area contributed by atoms with Crippen molar-refractivity contribution < 1.29 is 27.9 Å². The van der Waals surface area contributed by atoms with Crippen LogP contribution in [0, 0.1) is 3.57 Å². The van der Waals surface area contributed by atoms with Gasteiger partial charge in [-0.25, -0.2) is 4.79 Å². The van der Waals surface area contributed by atoms with Crippen molar-refractivity contribution in [1.82, 2.24) is 4.90 Å². The Bertz CT molecular complexity index is 724. The summed E-state index contributed by atoms with van der Waals surface area (Å²) in [5.41, 5.74) is 0.676. The van der Waals surface area contributed by atoms with Gasteiger partial charge in [0.15, 0.2) is 0 Å². The maximum absolute atomic E-state index is 13.0. The molecule has 1 aliphatic rings. The van der Waals surface area contributed by atoms with E-state index in [1.165, 1.54) is 24.3 Å². The number of halogens is 5. The van der Waals surface area contributed by atoms with Crippen molar-refractivity contribution >= 4 is 51.9 Å². The van der Waals surface area contributed by atoms with E-state index >= 15 is 0 Å². The molecule has 1 aromatic rings. The third-order valence-electron chi connectivity index (χ3n) is 3.62. The predicted octanol–water partition coefficient (Wildman–Crippen LogP) is 4.15. The predicted molar refractivity (Wildman–Crippen MR) is 94.9 cm³/mol. The third-order valence-corrected chi connectivity index (χ3v) is 4.72. The molecule has 5 nitrogen and oxygen atoms in total. The van der Waals surface area contributed by atoms with E-state index in [0.29, 0.717) is 19.1 Å². The number of alkyl halides is 3. The van der Waals surface area contributed by atoms with Crippen LogP contribution in [0.25, 0.3) is 0 Å². The van der Waals surface area contributed by atoms with Crippen LogP contribution in [0.2, 0.25) is 5.02 Å². The Labute approximate surface area is 160 Å². The van der Waals surface area contributed by atoms with Gasteiger partial charge in [0.1, 0.15) is 0 Å². The molecular weight excluding hydrogens is 476 g/mol. The molecule has 0 radical (unpaired) electrons. The van der Waals surface area contributed by atoms with Crippen LogP contribution in [-0.2, 0) is 4.79 Å². The zero-order valence-electron chi connectivity index (χ0n) is 12.7. The van der Waals surface area contributed by atoms with E-state index in [0.717, 1.165) is 4.90 Å². The molecule has 0 saturated carbocycles. The summed E-state index contributed by atoms with van der Waals surface area (Å²) in [6, 6.07) is 4.24. The van der Waals surface area contributed by atoms with Gasteiger partial charge in [-0.15, -0.1) is 0 Å². The Morgan fingerprint density at radius 3 is 2.52 bits per heavy atom. The largest absolute Gasteiger partial charge is 0.471 e. The van der Waals surface area contributed by atoms with E-state index in [1.54, 1.807) is 0 Å². The van der Waals surface area contributed by atoms with Crippen LogP contribution in [0.5, 0.6) is 0 Å². The topological polar surface area (TPSA) is 60.9 Å². The molecule has 0 aromatic heterocycles. The smallest absolute Gasteiger partial charge is 0.465 e. The van der Waals surface area contributed by atoms with Gasteiger partial charge in [0.2, 0.25) is 0 Å². The number of carbonyl (C=O) groups is 2. The fraction of sp³-hybridized carbons (Fsp3) is 0.333. The molecule has 1 heterocycles. The van der Waals surface area contributed by atoms with Crippen molar-refractivity contribution in [3.8, 4) is 0 Å². The molecule has 10 heteroatoms. The number of hydrogen-bond acceptors (Lipinski definition) is 2. The molecule has 0 aliphatic carbocycles. The quantitative estimate of drug-likeness (QED) is 0.514. The molecule has 2 rings (SSSR count). The maximum Gasteiger partial charge on any atom is 0.471 e. The lowest BCUT2D eigenvalue weighted by Gasteiger charge is -2.29. The fourth-order valence-corrected chi connectivity index (χ4v) is 3.51. The summed E-state index contributed by atoms with van der Waals surface area (Å²) in [5, 5.41) is 9.26. The van der Waals surface area contributed by atoms with Crippen molar-refractivity contribution in [3.05, 3.63) is 38.4 Å². The van der Waals surface area contributed by atoms with Gasteiger partial charge in [-0.2, -0.15) is 13.2 Å². The standard InChI is InChI=1S/C15H13ClF3IN2O3/c16-10-1-2-12(11(20)7-10)22(13(23)15(17,18)19)8-9-3-5-21(6-4-9)14(24)25/h1-3,7H,4-6,8H2,(H,24,25). The minimum Gasteiger partial charge on any atom is -0.465 e. The van der Waals surface area contributed by atoms with Crippen LogP contribution in [0.3, 0.4) is 0 Å². The van der Waals surface area contributed by atoms with Gasteiger partial charge in [0, 0.05) is 28.2 Å². The zero-order chi connectivity index (χ0) is 18.8. The first-order valence-electron chi connectivity index (χ1n) is 7.09. The second-order valence-electron chi connectivity index (χ2n) is 5.33. The minimum absolute atomic E-state index is 0.0798. The summed E-state index contributed by atoms with van der Waals surface area (Å²) in [5.74, 6) is -1.98. The highest BCUT2D eigenvalue weighted by Gasteiger charge is 2.43. The van der Waals surface area contributed by atoms with Gasteiger partial charge in [-0.1, -0.05) is 23.3 Å². The lowest BCUT2D eigenvalue weighted by atomic mass is 10.1. The Morgan fingerprint density at radius 2 is 2.04 bits per heavy atom. The number of rotatable bonds is 3. The number of hydrogen-bond donors (Lipinski definition) is 1. The molecule has 1 aliphatic heterocycles. The summed E-state index contributed by atoms with van der Waals surface area (Å²) in [4.78, 5) is 24.6. The van der Waals surface area contributed by atoms with Crippen LogP contribution in [-0.4, -0.2) is 47.8 Å². The molecule has 0 atom stereocenters. The first kappa shape index (κ1) is 19.8. The Kier molecular flexibility index (Phi) is 6.20. The first-order valence-corrected chi connectivity index (χ1v) is 8.55. The van der Waals surface area contributed by atoms with Crippen molar-refractivity contribution in [2.24, 2.45) is 0 Å². The van der Waals surface area contributed by atoms with E-state index in [-0.39, 0.29) is 31.7 Å². The Morgan fingerprint density at radius 1 is 1.36 bits per heavy atom. The highest BCUT2D eigenvalue weighted by atomic mass is 127. The molecule has 0 fully saturated rings. The van der Waals surface area contributed by atoms with Crippen LogP contribution in [0.1, 0.15) is 6.42 Å². The number of carboxylic acid groups (broad SMARTS) is 1. The van der Waals surface area contributed by atoms with E-state index < -0.39 is 18.2 Å². The Hall–Kier alpha value is -1.49. The van der Waals surface area contributed by atoms with Crippen LogP contribution < -0.4 is 4.90 Å². The van der Waals surface area contributed by atoms with E-state index in [1.807, 2.05) is 22.6 Å². The van der Waals surface area contributed by atoms with Gasteiger partial charge < -0.3 is 10.0 Å². The average molecular weight is 489 g/mol. The fourth-order valence-electron chi connectivity index (χ4n) is 2.35. The number of benzene rings is 1.